The lowest BCUT2D eigenvalue weighted by atomic mass is 10.2. The minimum Gasteiger partial charge on any atom is -0.497 e. The third-order valence-corrected chi connectivity index (χ3v) is 5.87. The zero-order valence-electron chi connectivity index (χ0n) is 16.0. The number of sulfonamides is 1. The molecule has 0 aliphatic carbocycles. The normalized spacial score (nSPS) is 11.4. The number of methoxy groups -OCH3 is 1. The van der Waals surface area contributed by atoms with Crippen LogP contribution in [0.2, 0.25) is 0 Å². The second-order valence-electron chi connectivity index (χ2n) is 6.56. The molecule has 4 aromatic rings. The van der Waals surface area contributed by atoms with Crippen molar-refractivity contribution < 1.29 is 13.2 Å². The first kappa shape index (κ1) is 18.9. The van der Waals surface area contributed by atoms with E-state index in [1.54, 1.807) is 37.4 Å². The number of nitrogens with one attached hydrogen (secondary N) is 1. The van der Waals surface area contributed by atoms with Gasteiger partial charge in [0.05, 0.1) is 17.5 Å². The van der Waals surface area contributed by atoms with Crippen LogP contribution in [-0.2, 0) is 10.0 Å². The van der Waals surface area contributed by atoms with Crippen molar-refractivity contribution in [1.29, 1.82) is 0 Å². The Bertz CT molecular complexity index is 1270. The number of para-hydroxylation sites is 1. The van der Waals surface area contributed by atoms with Crippen LogP contribution in [0.3, 0.4) is 0 Å². The van der Waals surface area contributed by atoms with Crippen LogP contribution in [-0.4, -0.2) is 25.5 Å². The van der Waals surface area contributed by atoms with Crippen LogP contribution in [0.5, 0.6) is 5.75 Å². The first-order chi connectivity index (χ1) is 14.0. The van der Waals surface area contributed by atoms with Gasteiger partial charge < -0.3 is 4.74 Å². The number of anilines is 1. The number of hydrogen-bond acceptors (Lipinski definition) is 5. The predicted molar refractivity (Wildman–Crippen MR) is 114 cm³/mol. The van der Waals surface area contributed by atoms with Crippen LogP contribution in [0.4, 0.5) is 5.82 Å². The fourth-order valence-corrected chi connectivity index (χ4v) is 3.95. The molecule has 1 heterocycles. The maximum atomic E-state index is 12.9. The summed E-state index contributed by atoms with van der Waals surface area (Å²) < 4.78 is 33.6. The summed E-state index contributed by atoms with van der Waals surface area (Å²) in [5, 5.41) is 0.625. The number of fused-ring (bicyclic) bond motifs is 1. The number of aryl methyl sites for hydroxylation is 1. The van der Waals surface area contributed by atoms with E-state index in [1.165, 1.54) is 0 Å². The second kappa shape index (κ2) is 7.52. The molecule has 6 nitrogen and oxygen atoms in total. The number of rotatable bonds is 5. The average Bonchev–Trinajstić information content (AvgIpc) is 2.74. The van der Waals surface area contributed by atoms with E-state index in [2.05, 4.69) is 14.7 Å². The zero-order chi connectivity index (χ0) is 20.4. The Kier molecular flexibility index (Phi) is 4.90. The minimum absolute atomic E-state index is 0.178. The molecule has 0 bridgehead atoms. The third-order valence-electron chi connectivity index (χ3n) is 4.51. The van der Waals surface area contributed by atoms with Crippen molar-refractivity contribution in [2.75, 3.05) is 11.8 Å². The van der Waals surface area contributed by atoms with Crippen molar-refractivity contribution in [3.63, 3.8) is 0 Å². The molecule has 0 atom stereocenters. The van der Waals surface area contributed by atoms with Crippen molar-refractivity contribution in [3.8, 4) is 17.1 Å². The second-order valence-corrected chi connectivity index (χ2v) is 8.24. The Morgan fingerprint density at radius 3 is 2.24 bits per heavy atom. The van der Waals surface area contributed by atoms with Gasteiger partial charge in [-0.2, -0.15) is 0 Å². The van der Waals surface area contributed by atoms with Crippen molar-refractivity contribution in [1.82, 2.24) is 9.97 Å². The molecule has 0 unspecified atom stereocenters. The first-order valence-electron chi connectivity index (χ1n) is 8.97. The van der Waals surface area contributed by atoms with E-state index in [1.807, 2.05) is 49.4 Å². The molecule has 1 N–H and O–H groups in total. The standard InChI is InChI=1S/C22H19N3O3S/c1-15-7-13-18(14-8-15)29(26,27)25-22-19-5-3-4-6-20(19)23-21(24-22)16-9-11-17(28-2)12-10-16/h3-14H,1-2H3,(H,23,24,25). The van der Waals surface area contributed by atoms with Gasteiger partial charge in [0.15, 0.2) is 11.6 Å². The molecule has 1 aromatic heterocycles. The molecule has 29 heavy (non-hydrogen) atoms. The third kappa shape index (κ3) is 3.90. The first-order valence-corrected chi connectivity index (χ1v) is 10.5. The maximum Gasteiger partial charge on any atom is 0.263 e. The van der Waals surface area contributed by atoms with Crippen LogP contribution >= 0.6 is 0 Å². The molecule has 3 aromatic carbocycles. The van der Waals surface area contributed by atoms with Crippen molar-refractivity contribution in [3.05, 3.63) is 78.4 Å². The van der Waals surface area contributed by atoms with Crippen molar-refractivity contribution >= 4 is 26.7 Å². The Morgan fingerprint density at radius 1 is 0.862 bits per heavy atom. The van der Waals surface area contributed by atoms with Gasteiger partial charge in [-0.1, -0.05) is 29.8 Å². The van der Waals surface area contributed by atoms with Crippen LogP contribution in [0, 0.1) is 6.92 Å². The van der Waals surface area contributed by atoms with E-state index in [9.17, 15) is 8.42 Å². The van der Waals surface area contributed by atoms with Crippen LogP contribution < -0.4 is 9.46 Å². The topological polar surface area (TPSA) is 81.2 Å². The lowest BCUT2D eigenvalue weighted by molar-refractivity contribution is 0.415. The number of benzene rings is 3. The highest BCUT2D eigenvalue weighted by Gasteiger charge is 2.18. The summed E-state index contributed by atoms with van der Waals surface area (Å²) >= 11 is 0. The van der Waals surface area contributed by atoms with Gasteiger partial charge in [0, 0.05) is 10.9 Å². The highest BCUT2D eigenvalue weighted by Crippen LogP contribution is 2.27. The van der Waals surface area contributed by atoms with Gasteiger partial charge in [-0.15, -0.1) is 0 Å². The number of ether oxygens (including phenoxy) is 1. The summed E-state index contributed by atoms with van der Waals surface area (Å²) in [7, 11) is -2.19. The zero-order valence-corrected chi connectivity index (χ0v) is 16.8. The summed E-state index contributed by atoms with van der Waals surface area (Å²) in [6.45, 7) is 1.91. The Labute approximate surface area is 169 Å². The van der Waals surface area contributed by atoms with Crippen molar-refractivity contribution in [2.45, 2.75) is 11.8 Å². The van der Waals surface area contributed by atoms with Gasteiger partial charge in [-0.05, 0) is 55.5 Å². The number of nitrogens with zero attached hydrogens (tertiary/aromatic N) is 2. The number of aromatic nitrogens is 2. The summed E-state index contributed by atoms with van der Waals surface area (Å²) in [5.41, 5.74) is 2.39. The SMILES string of the molecule is COc1ccc(-c2nc(NS(=O)(=O)c3ccc(C)cc3)c3ccccc3n2)cc1. The van der Waals surface area contributed by atoms with E-state index < -0.39 is 10.0 Å². The monoisotopic (exact) mass is 405 g/mol. The molecule has 4 rings (SSSR count). The maximum absolute atomic E-state index is 12.9. The molecule has 0 aliphatic rings. The van der Waals surface area contributed by atoms with E-state index >= 15 is 0 Å². The Balaban J connectivity index is 1.81. The van der Waals surface area contributed by atoms with E-state index in [0.29, 0.717) is 16.7 Å². The fourth-order valence-electron chi connectivity index (χ4n) is 2.93. The van der Waals surface area contributed by atoms with Gasteiger partial charge in [0.25, 0.3) is 10.0 Å². The van der Waals surface area contributed by atoms with Crippen LogP contribution in [0.1, 0.15) is 5.56 Å². The molecule has 0 fully saturated rings. The van der Waals surface area contributed by atoms with Gasteiger partial charge in [-0.3, -0.25) is 4.72 Å². The molecule has 146 valence electrons. The molecule has 0 saturated heterocycles. The van der Waals surface area contributed by atoms with Gasteiger partial charge in [-0.25, -0.2) is 18.4 Å². The summed E-state index contributed by atoms with van der Waals surface area (Å²) in [4.78, 5) is 9.28. The van der Waals surface area contributed by atoms with E-state index in [-0.39, 0.29) is 10.7 Å². The Hall–Kier alpha value is -3.45. The Morgan fingerprint density at radius 2 is 1.55 bits per heavy atom. The summed E-state index contributed by atoms with van der Waals surface area (Å²) in [6, 6.07) is 21.2. The highest BCUT2D eigenvalue weighted by molar-refractivity contribution is 7.92. The van der Waals surface area contributed by atoms with Gasteiger partial charge >= 0.3 is 0 Å². The number of hydrogen-bond donors (Lipinski definition) is 1. The van der Waals surface area contributed by atoms with Gasteiger partial charge in [0.2, 0.25) is 0 Å². The fraction of sp³-hybridized carbons (Fsp3) is 0.0909. The van der Waals surface area contributed by atoms with Crippen LogP contribution in [0.25, 0.3) is 22.3 Å². The molecule has 0 radical (unpaired) electrons. The molecule has 0 amide bonds. The molecule has 7 heteroatoms. The minimum atomic E-state index is -3.79. The lowest BCUT2D eigenvalue weighted by Crippen LogP contribution is -2.15. The van der Waals surface area contributed by atoms with Crippen molar-refractivity contribution in [2.24, 2.45) is 0 Å². The summed E-state index contributed by atoms with van der Waals surface area (Å²) in [5.74, 6) is 1.38. The van der Waals surface area contributed by atoms with Gasteiger partial charge in [0.1, 0.15) is 5.75 Å². The molecule has 0 aliphatic heterocycles. The smallest absolute Gasteiger partial charge is 0.263 e. The largest absolute Gasteiger partial charge is 0.497 e. The quantitative estimate of drug-likeness (QED) is 0.532. The molecular formula is C22H19N3O3S. The predicted octanol–water partition coefficient (Wildman–Crippen LogP) is 4.41. The average molecular weight is 405 g/mol. The summed E-state index contributed by atoms with van der Waals surface area (Å²) in [6.07, 6.45) is 0. The molecule has 0 spiro atoms. The highest BCUT2D eigenvalue weighted by atomic mass is 32.2. The lowest BCUT2D eigenvalue weighted by Gasteiger charge is -2.12. The van der Waals surface area contributed by atoms with E-state index in [0.717, 1.165) is 16.9 Å². The van der Waals surface area contributed by atoms with Crippen LogP contribution in [0.15, 0.2) is 77.7 Å². The molecule has 0 saturated carbocycles. The molecular weight excluding hydrogens is 386 g/mol. The van der Waals surface area contributed by atoms with E-state index in [4.69, 9.17) is 4.74 Å².